The van der Waals surface area contributed by atoms with E-state index < -0.39 is 0 Å². The number of aryl methyl sites for hydroxylation is 1. The highest BCUT2D eigenvalue weighted by atomic mass is 35.5. The number of nitrogens with zero attached hydrogens (tertiary/aromatic N) is 4. The third-order valence-corrected chi connectivity index (χ3v) is 5.00. The van der Waals surface area contributed by atoms with Crippen molar-refractivity contribution < 1.29 is 0 Å². The average molecular weight is 365 g/mol. The first kappa shape index (κ1) is 17.0. The highest BCUT2D eigenvalue weighted by Gasteiger charge is 2.20. The Morgan fingerprint density at radius 2 is 1.73 bits per heavy atom. The smallest absolute Gasteiger partial charge is 0.0929 e. The van der Waals surface area contributed by atoms with Gasteiger partial charge in [0.15, 0.2) is 0 Å². The fourth-order valence-electron chi connectivity index (χ4n) is 3.34. The van der Waals surface area contributed by atoms with E-state index in [2.05, 4.69) is 57.4 Å². The zero-order valence-corrected chi connectivity index (χ0v) is 15.7. The molecule has 0 fully saturated rings. The Morgan fingerprint density at radius 3 is 2.46 bits per heavy atom. The Morgan fingerprint density at radius 1 is 0.923 bits per heavy atom. The molecule has 0 amide bonds. The van der Waals surface area contributed by atoms with Crippen LogP contribution in [-0.2, 0) is 6.54 Å². The topological polar surface area (TPSA) is 32.3 Å². The fraction of sp³-hybridized carbons (Fsp3) is 0.238. The van der Waals surface area contributed by atoms with Crippen LogP contribution >= 0.6 is 11.6 Å². The molecule has 26 heavy (non-hydrogen) atoms. The number of halogens is 1. The van der Waals surface area contributed by atoms with Gasteiger partial charge in [-0.3, -0.25) is 0 Å². The number of aromatic nitrogens is 2. The van der Waals surface area contributed by atoms with Crippen LogP contribution in [0.3, 0.4) is 0 Å². The van der Waals surface area contributed by atoms with Gasteiger partial charge in [-0.2, -0.15) is 10.2 Å². The number of hydrogen-bond donors (Lipinski definition) is 0. The quantitative estimate of drug-likeness (QED) is 0.660. The van der Waals surface area contributed by atoms with E-state index in [4.69, 9.17) is 11.6 Å². The van der Waals surface area contributed by atoms with E-state index in [1.54, 1.807) is 0 Å². The lowest BCUT2D eigenvalue weighted by molar-refractivity contribution is 0.343. The van der Waals surface area contributed by atoms with Gasteiger partial charge in [-0.15, -0.1) is 0 Å². The second kappa shape index (κ2) is 7.06. The molecule has 0 N–H and O–H groups in total. The van der Waals surface area contributed by atoms with Gasteiger partial charge >= 0.3 is 0 Å². The largest absolute Gasteiger partial charge is 0.340 e. The van der Waals surface area contributed by atoms with Crippen molar-refractivity contribution in [3.8, 4) is 11.3 Å². The maximum Gasteiger partial charge on any atom is 0.0929 e. The van der Waals surface area contributed by atoms with Gasteiger partial charge in [0, 0.05) is 41.6 Å². The molecule has 0 spiro atoms. The molecule has 5 heteroatoms. The lowest BCUT2D eigenvalue weighted by atomic mass is 10.0. The number of rotatable bonds is 2. The molecule has 132 valence electrons. The molecule has 4 nitrogen and oxygen atoms in total. The minimum atomic E-state index is 0.759. The molecule has 0 bridgehead atoms. The Kier molecular flexibility index (Phi) is 4.62. The van der Waals surface area contributed by atoms with E-state index in [1.165, 1.54) is 11.3 Å². The summed E-state index contributed by atoms with van der Waals surface area (Å²) in [6.45, 7) is 4.80. The van der Waals surface area contributed by atoms with Crippen LogP contribution in [-0.4, -0.2) is 35.2 Å². The van der Waals surface area contributed by atoms with Crippen LogP contribution in [0.25, 0.3) is 11.3 Å². The third kappa shape index (κ3) is 3.43. The monoisotopic (exact) mass is 364 g/mol. The standard InChI is InChI=1S/C21H21ClN4/c1-15-3-9-20(24-23-15)16-4-10-21-17(13-16)14-25(2)11-12-26(21)19-7-5-18(22)6-8-19/h3-10,13H,11-12,14H2,1-2H3. The van der Waals surface area contributed by atoms with Crippen molar-refractivity contribution in [3.05, 3.63) is 70.9 Å². The zero-order chi connectivity index (χ0) is 18.1. The number of benzene rings is 2. The molecule has 2 heterocycles. The van der Waals surface area contributed by atoms with Gasteiger partial charge < -0.3 is 9.80 Å². The lowest BCUT2D eigenvalue weighted by Crippen LogP contribution is -2.26. The fourth-order valence-corrected chi connectivity index (χ4v) is 3.46. The number of anilines is 2. The van der Waals surface area contributed by atoms with E-state index in [0.717, 1.165) is 47.3 Å². The van der Waals surface area contributed by atoms with Gasteiger partial charge in [0.2, 0.25) is 0 Å². The summed E-state index contributed by atoms with van der Waals surface area (Å²) in [6.07, 6.45) is 0. The van der Waals surface area contributed by atoms with E-state index >= 15 is 0 Å². The van der Waals surface area contributed by atoms with Crippen LogP contribution in [0.2, 0.25) is 5.02 Å². The number of hydrogen-bond acceptors (Lipinski definition) is 4. The summed E-state index contributed by atoms with van der Waals surface area (Å²) >= 11 is 6.07. The van der Waals surface area contributed by atoms with E-state index in [0.29, 0.717) is 0 Å². The maximum atomic E-state index is 6.07. The molecular weight excluding hydrogens is 344 g/mol. The van der Waals surface area contributed by atoms with Crippen molar-refractivity contribution in [1.82, 2.24) is 15.1 Å². The normalized spacial score (nSPS) is 14.8. The van der Waals surface area contributed by atoms with E-state index in [1.807, 2.05) is 31.2 Å². The van der Waals surface area contributed by atoms with Crippen molar-refractivity contribution in [3.63, 3.8) is 0 Å². The van der Waals surface area contributed by atoms with Crippen molar-refractivity contribution in [2.75, 3.05) is 25.0 Å². The number of fused-ring (bicyclic) bond motifs is 1. The van der Waals surface area contributed by atoms with Crippen LogP contribution in [0.5, 0.6) is 0 Å². The average Bonchev–Trinajstić information content (AvgIpc) is 2.81. The first-order valence-electron chi connectivity index (χ1n) is 8.75. The molecule has 2 aromatic carbocycles. The second-order valence-electron chi connectivity index (χ2n) is 6.77. The Balaban J connectivity index is 1.76. The molecule has 0 saturated carbocycles. The van der Waals surface area contributed by atoms with Gasteiger partial charge in [-0.25, -0.2) is 0 Å². The molecule has 0 unspecified atom stereocenters. The van der Waals surface area contributed by atoms with Crippen molar-refractivity contribution in [2.45, 2.75) is 13.5 Å². The van der Waals surface area contributed by atoms with Gasteiger partial charge in [0.05, 0.1) is 11.4 Å². The van der Waals surface area contributed by atoms with Crippen LogP contribution in [0, 0.1) is 6.92 Å². The van der Waals surface area contributed by atoms with Gasteiger partial charge in [0.1, 0.15) is 0 Å². The van der Waals surface area contributed by atoms with Gasteiger partial charge in [0.25, 0.3) is 0 Å². The summed E-state index contributed by atoms with van der Waals surface area (Å²) in [5, 5.41) is 9.28. The second-order valence-corrected chi connectivity index (χ2v) is 7.21. The summed E-state index contributed by atoms with van der Waals surface area (Å²) < 4.78 is 0. The molecule has 0 saturated heterocycles. The minimum Gasteiger partial charge on any atom is -0.340 e. The molecule has 0 radical (unpaired) electrons. The zero-order valence-electron chi connectivity index (χ0n) is 15.0. The predicted octanol–water partition coefficient (Wildman–Crippen LogP) is 4.69. The predicted molar refractivity (Wildman–Crippen MR) is 107 cm³/mol. The molecule has 1 aromatic heterocycles. The summed E-state index contributed by atoms with van der Waals surface area (Å²) in [5.41, 5.74) is 6.62. The highest BCUT2D eigenvalue weighted by Crippen LogP contribution is 2.34. The van der Waals surface area contributed by atoms with Crippen LogP contribution in [0.1, 0.15) is 11.3 Å². The van der Waals surface area contributed by atoms with Gasteiger partial charge in [-0.05, 0) is 68.1 Å². The lowest BCUT2D eigenvalue weighted by Gasteiger charge is -2.25. The SMILES string of the molecule is Cc1ccc(-c2ccc3c(c2)CN(C)CCN3c2ccc(Cl)cc2)nn1. The summed E-state index contributed by atoms with van der Waals surface area (Å²) in [5.74, 6) is 0. The minimum absolute atomic E-state index is 0.759. The first-order valence-corrected chi connectivity index (χ1v) is 9.13. The van der Waals surface area contributed by atoms with E-state index in [9.17, 15) is 0 Å². The van der Waals surface area contributed by atoms with Crippen molar-refractivity contribution in [2.24, 2.45) is 0 Å². The van der Waals surface area contributed by atoms with Crippen molar-refractivity contribution in [1.29, 1.82) is 0 Å². The summed E-state index contributed by atoms with van der Waals surface area (Å²) in [4.78, 5) is 4.71. The molecule has 4 rings (SSSR count). The van der Waals surface area contributed by atoms with E-state index in [-0.39, 0.29) is 0 Å². The van der Waals surface area contributed by atoms with Crippen LogP contribution in [0.15, 0.2) is 54.6 Å². The molecule has 3 aromatic rings. The molecule has 0 atom stereocenters. The Bertz CT molecular complexity index is 906. The maximum absolute atomic E-state index is 6.07. The number of likely N-dealkylation sites (N-methyl/N-ethyl adjacent to an activating group) is 1. The third-order valence-electron chi connectivity index (χ3n) is 4.75. The van der Waals surface area contributed by atoms with Gasteiger partial charge in [-0.1, -0.05) is 17.7 Å². The Hall–Kier alpha value is -2.43. The molecule has 1 aliphatic rings. The Labute approximate surface area is 159 Å². The molecule has 0 aliphatic carbocycles. The first-order chi connectivity index (χ1) is 12.6. The van der Waals surface area contributed by atoms with Crippen LogP contribution < -0.4 is 4.90 Å². The molecular formula is C21H21ClN4. The summed E-state index contributed by atoms with van der Waals surface area (Å²) in [7, 11) is 2.16. The van der Waals surface area contributed by atoms with Crippen molar-refractivity contribution >= 4 is 23.0 Å². The molecule has 1 aliphatic heterocycles. The van der Waals surface area contributed by atoms with Crippen LogP contribution in [0.4, 0.5) is 11.4 Å². The highest BCUT2D eigenvalue weighted by molar-refractivity contribution is 6.30. The summed E-state index contributed by atoms with van der Waals surface area (Å²) in [6, 6.07) is 18.6.